The van der Waals surface area contributed by atoms with Gasteiger partial charge in [-0.25, -0.2) is 0 Å². The van der Waals surface area contributed by atoms with Crippen molar-refractivity contribution < 1.29 is 47.7 Å². The van der Waals surface area contributed by atoms with Gasteiger partial charge in [-0.1, -0.05) is 26.2 Å². The zero-order valence-electron chi connectivity index (χ0n) is 21.0. The number of hydrogen-bond acceptors (Lipinski definition) is 0. The Balaban J connectivity index is 0. The molecule has 0 nitrogen and oxygen atoms in total. The molecule has 0 aromatic rings. The van der Waals surface area contributed by atoms with Crippen molar-refractivity contribution in [3.63, 3.8) is 0 Å². The van der Waals surface area contributed by atoms with E-state index in [4.69, 9.17) is 0 Å². The number of halogens is 2. The van der Waals surface area contributed by atoms with Crippen LogP contribution in [0.15, 0.2) is 41.1 Å². The van der Waals surface area contributed by atoms with Gasteiger partial charge in [0.15, 0.2) is 0 Å². The van der Waals surface area contributed by atoms with Crippen molar-refractivity contribution in [3.05, 3.63) is 41.1 Å². The second kappa shape index (κ2) is 12.2. The van der Waals surface area contributed by atoms with Crippen molar-refractivity contribution in [2.75, 3.05) is 0 Å². The summed E-state index contributed by atoms with van der Waals surface area (Å²) in [6.07, 6.45) is 7.48. The average molecular weight is 638 g/mol. The van der Waals surface area contributed by atoms with Gasteiger partial charge in [-0.15, -0.1) is 0 Å². The summed E-state index contributed by atoms with van der Waals surface area (Å²) in [5, 5.41) is 0. The van der Waals surface area contributed by atoms with Gasteiger partial charge in [0, 0.05) is 16.6 Å². The molecule has 0 spiro atoms. The van der Waals surface area contributed by atoms with Crippen molar-refractivity contribution in [3.8, 4) is 0 Å². The van der Waals surface area contributed by atoms with Crippen LogP contribution in [0.5, 0.6) is 0 Å². The van der Waals surface area contributed by atoms with Gasteiger partial charge in [-0.3, -0.25) is 0 Å². The van der Waals surface area contributed by atoms with Crippen LogP contribution in [0.1, 0.15) is 68.2 Å². The van der Waals surface area contributed by atoms with Crippen LogP contribution in [0.4, 0.5) is 0 Å². The zero-order valence-corrected chi connectivity index (χ0v) is 28.6. The molecule has 2 aliphatic carbocycles. The Morgan fingerprint density at radius 3 is 1.21 bits per heavy atom. The van der Waals surface area contributed by atoms with Crippen LogP contribution in [-0.2, 0) is 22.9 Å². The molecular weight excluding hydrogens is 594 g/mol. The maximum atomic E-state index is 2.48. The monoisotopic (exact) mass is 638 g/mol. The maximum Gasteiger partial charge on any atom is 0.0307 e. The summed E-state index contributed by atoms with van der Waals surface area (Å²) in [7, 11) is -0.101. The van der Waals surface area contributed by atoms with Crippen molar-refractivity contribution >= 4 is 16.6 Å². The Hall–Kier alpha value is 0.844. The van der Waals surface area contributed by atoms with Crippen molar-refractivity contribution in [1.29, 1.82) is 0 Å². The second-order valence-electron chi connectivity index (χ2n) is 11.6. The molecule has 0 atom stereocenters. The van der Waals surface area contributed by atoms with Gasteiger partial charge in [-0.2, -0.15) is 0 Å². The third-order valence-electron chi connectivity index (χ3n) is 5.76. The fourth-order valence-electron chi connectivity index (χ4n) is 2.89. The van der Waals surface area contributed by atoms with E-state index in [0.29, 0.717) is 19.9 Å². The third-order valence-corrected chi connectivity index (χ3v) is 20.5. The standard InChI is InChI=1S/2C10H15.C4H14Si2.2ClH.Hf/c2*1-8-5-6-9(7-8)10(2,3)4;1-5-6(2,3)4;;;/h2*7H,6H2,1-4H3;5H2,1-4H3;2*1H;/q;;;;;+2/p-2. The van der Waals surface area contributed by atoms with E-state index in [1.807, 2.05) is 6.66 Å². The predicted octanol–water partition coefficient (Wildman–Crippen LogP) is 1.42. The molecule has 0 fully saturated rings. The zero-order chi connectivity index (χ0) is 21.2. The quantitative estimate of drug-likeness (QED) is 0.411. The molecule has 166 valence electrons. The minimum Gasteiger partial charge on any atom is -1.00 e. The molecule has 29 heavy (non-hydrogen) atoms. The van der Waals surface area contributed by atoms with Gasteiger partial charge in [0.25, 0.3) is 0 Å². The molecule has 0 aromatic heterocycles. The van der Waals surface area contributed by atoms with E-state index < -0.39 is 30.5 Å². The summed E-state index contributed by atoms with van der Waals surface area (Å²) >= 11 is -0.825. The van der Waals surface area contributed by atoms with E-state index in [9.17, 15) is 0 Å². The molecule has 0 heterocycles. The second-order valence-corrected chi connectivity index (χ2v) is 31.1. The minimum absolute atomic E-state index is 0. The number of allylic oxidation sites excluding steroid dienone is 8. The van der Waals surface area contributed by atoms with Gasteiger partial charge in [-0.05, 0) is 0 Å². The van der Waals surface area contributed by atoms with Gasteiger partial charge >= 0.3 is 143 Å². The van der Waals surface area contributed by atoms with E-state index in [1.54, 1.807) is 22.3 Å². The number of rotatable bonds is 3. The van der Waals surface area contributed by atoms with Gasteiger partial charge in [0.1, 0.15) is 0 Å². The number of hydrogen-bond donors (Lipinski definition) is 0. The summed E-state index contributed by atoms with van der Waals surface area (Å²) in [5.41, 5.74) is 7.13. The van der Waals surface area contributed by atoms with Crippen molar-refractivity contribution in [1.82, 2.24) is 0 Å². The molecule has 0 unspecified atom stereocenters. The van der Waals surface area contributed by atoms with Crippen LogP contribution in [0.2, 0.25) is 26.2 Å². The van der Waals surface area contributed by atoms with Crippen LogP contribution in [0, 0.1) is 10.8 Å². The van der Waals surface area contributed by atoms with E-state index in [0.717, 1.165) is 0 Å². The molecule has 2 aliphatic rings. The smallest absolute Gasteiger partial charge is 0.0307 e. The molecule has 0 saturated carbocycles. The van der Waals surface area contributed by atoms with Crippen LogP contribution in [0.3, 0.4) is 0 Å². The first kappa shape index (κ1) is 32.0. The topological polar surface area (TPSA) is 0 Å². The van der Waals surface area contributed by atoms with Crippen LogP contribution in [-0.4, -0.2) is 16.6 Å². The molecule has 0 aromatic carbocycles. The molecule has 0 saturated heterocycles. The largest absolute Gasteiger partial charge is 1.00 e. The third kappa shape index (κ3) is 10.8. The Morgan fingerprint density at radius 1 is 0.759 bits per heavy atom. The first-order chi connectivity index (χ1) is 12.0. The predicted molar refractivity (Wildman–Crippen MR) is 127 cm³/mol. The molecule has 0 bridgehead atoms. The van der Waals surface area contributed by atoms with E-state index >= 15 is 0 Å². The van der Waals surface area contributed by atoms with Gasteiger partial charge in [0.05, 0.1) is 0 Å². The fourth-order valence-corrected chi connectivity index (χ4v) is 8.14. The molecule has 0 N–H and O–H groups in total. The van der Waals surface area contributed by atoms with E-state index in [1.165, 1.54) is 12.8 Å². The van der Waals surface area contributed by atoms with Gasteiger partial charge in [0.2, 0.25) is 0 Å². The van der Waals surface area contributed by atoms with Crippen molar-refractivity contribution in [2.24, 2.45) is 10.8 Å². The molecule has 5 heteroatoms. The summed E-state index contributed by atoms with van der Waals surface area (Å²) in [4.78, 5) is 0. The first-order valence-corrected chi connectivity index (χ1v) is 21.5. The fraction of sp³-hybridized carbons (Fsp3) is 0.667. The summed E-state index contributed by atoms with van der Waals surface area (Å²) in [6.45, 7) is 28.5. The first-order valence-electron chi connectivity index (χ1n) is 10.6. The van der Waals surface area contributed by atoms with Gasteiger partial charge < -0.3 is 24.8 Å². The molecular formula is C24H44Cl2HfSi2. The van der Waals surface area contributed by atoms with E-state index in [2.05, 4.69) is 93.7 Å². The SMILES string of the molecule is CC1=[C]([Hf+2][C]2=C(C)C=C(C(C)(C)C)C2)CC(C(C)(C)C)=C1.C[SiH2][Si](C)(C)C.[Cl-].[Cl-]. The van der Waals surface area contributed by atoms with Crippen molar-refractivity contribution in [2.45, 2.75) is 94.4 Å². The van der Waals surface area contributed by atoms with Crippen LogP contribution in [0.25, 0.3) is 0 Å². The molecule has 2 rings (SSSR count). The maximum absolute atomic E-state index is 2.48. The Labute approximate surface area is 209 Å². The van der Waals surface area contributed by atoms with E-state index in [-0.39, 0.29) is 24.8 Å². The Morgan fingerprint density at radius 2 is 1.03 bits per heavy atom. The summed E-state index contributed by atoms with van der Waals surface area (Å²) < 4.78 is 3.66. The minimum atomic E-state index is -0.825. The van der Waals surface area contributed by atoms with Crippen LogP contribution >= 0.6 is 0 Å². The Bertz CT molecular complexity index is 627. The van der Waals surface area contributed by atoms with Crippen LogP contribution < -0.4 is 24.8 Å². The normalized spacial score (nSPS) is 17.4. The summed E-state index contributed by atoms with van der Waals surface area (Å²) in [6, 6.07) is 0. The average Bonchev–Trinajstić information content (AvgIpc) is 3.03. The molecule has 0 amide bonds. The molecule has 0 aliphatic heterocycles. The Kier molecular flexibility index (Phi) is 13.5. The molecule has 0 radical (unpaired) electrons. The summed E-state index contributed by atoms with van der Waals surface area (Å²) in [5.74, 6) is 0.